The molecule has 1 atom stereocenters. The van der Waals surface area contributed by atoms with Gasteiger partial charge in [-0.25, -0.2) is 13.1 Å². The molecule has 7 heteroatoms. The van der Waals surface area contributed by atoms with Gasteiger partial charge < -0.3 is 5.32 Å². The van der Waals surface area contributed by atoms with Crippen molar-refractivity contribution in [2.45, 2.75) is 31.7 Å². The van der Waals surface area contributed by atoms with Crippen LogP contribution in [-0.2, 0) is 14.8 Å². The van der Waals surface area contributed by atoms with E-state index < -0.39 is 10.0 Å². The zero-order valence-electron chi connectivity index (χ0n) is 12.6. The molecule has 1 amide bonds. The van der Waals surface area contributed by atoms with Crippen molar-refractivity contribution in [3.8, 4) is 0 Å². The van der Waals surface area contributed by atoms with Gasteiger partial charge in [-0.2, -0.15) is 0 Å². The first-order valence-electron chi connectivity index (χ1n) is 6.73. The summed E-state index contributed by atoms with van der Waals surface area (Å²) < 4.78 is 27.8. The Hall–Kier alpha value is -1.70. The zero-order chi connectivity index (χ0) is 16.3. The highest BCUT2D eigenvalue weighted by Crippen LogP contribution is 2.24. The van der Waals surface area contributed by atoms with Crippen LogP contribution in [0.4, 0.5) is 5.69 Å². The van der Waals surface area contributed by atoms with Crippen molar-refractivity contribution in [1.82, 2.24) is 4.72 Å². The summed E-state index contributed by atoms with van der Waals surface area (Å²) in [5.41, 5.74) is 1.09. The summed E-state index contributed by atoms with van der Waals surface area (Å²) in [7, 11) is -3.67. The molecule has 0 bridgehead atoms. The van der Waals surface area contributed by atoms with Gasteiger partial charge in [-0.15, -0.1) is 11.3 Å². The van der Waals surface area contributed by atoms with E-state index in [-0.39, 0.29) is 16.8 Å². The lowest BCUT2D eigenvalue weighted by Gasteiger charge is -2.15. The summed E-state index contributed by atoms with van der Waals surface area (Å²) in [6, 6.07) is 8.29. The Bertz CT molecular complexity index is 768. The zero-order valence-corrected chi connectivity index (χ0v) is 14.2. The van der Waals surface area contributed by atoms with Gasteiger partial charge in [0.25, 0.3) is 0 Å². The smallest absolute Gasteiger partial charge is 0.241 e. The Morgan fingerprint density at radius 3 is 2.59 bits per heavy atom. The molecular formula is C15H18N2O3S2. The van der Waals surface area contributed by atoms with Crippen LogP contribution in [0.3, 0.4) is 0 Å². The van der Waals surface area contributed by atoms with Crippen molar-refractivity contribution in [1.29, 1.82) is 0 Å². The Balaban J connectivity index is 2.30. The molecule has 1 unspecified atom stereocenters. The van der Waals surface area contributed by atoms with Crippen LogP contribution in [0.1, 0.15) is 30.3 Å². The molecule has 0 saturated carbocycles. The minimum atomic E-state index is -3.67. The number of aryl methyl sites for hydroxylation is 1. The van der Waals surface area contributed by atoms with Gasteiger partial charge in [0.2, 0.25) is 15.9 Å². The Labute approximate surface area is 134 Å². The average molecular weight is 338 g/mol. The molecule has 0 spiro atoms. The Morgan fingerprint density at radius 2 is 2.00 bits per heavy atom. The van der Waals surface area contributed by atoms with Gasteiger partial charge in [-0.05, 0) is 43.0 Å². The molecular weight excluding hydrogens is 320 g/mol. The van der Waals surface area contributed by atoms with Gasteiger partial charge in [-0.3, -0.25) is 4.79 Å². The first kappa shape index (κ1) is 16.7. The lowest BCUT2D eigenvalue weighted by molar-refractivity contribution is -0.114. The first-order valence-corrected chi connectivity index (χ1v) is 9.10. The molecule has 2 N–H and O–H groups in total. The van der Waals surface area contributed by atoms with Crippen LogP contribution in [-0.4, -0.2) is 14.3 Å². The second kappa shape index (κ2) is 6.60. The van der Waals surface area contributed by atoms with Gasteiger partial charge in [0.05, 0.1) is 10.9 Å². The number of sulfonamides is 1. The lowest BCUT2D eigenvalue weighted by Crippen LogP contribution is -2.27. The topological polar surface area (TPSA) is 75.3 Å². The van der Waals surface area contributed by atoms with Crippen molar-refractivity contribution in [2.75, 3.05) is 5.32 Å². The maximum absolute atomic E-state index is 12.6. The summed E-state index contributed by atoms with van der Waals surface area (Å²) >= 11 is 1.50. The third-order valence-electron chi connectivity index (χ3n) is 3.10. The molecule has 2 rings (SSSR count). The van der Waals surface area contributed by atoms with E-state index in [9.17, 15) is 13.2 Å². The van der Waals surface area contributed by atoms with Crippen molar-refractivity contribution in [3.05, 3.63) is 46.2 Å². The van der Waals surface area contributed by atoms with E-state index in [2.05, 4.69) is 10.0 Å². The molecule has 0 fully saturated rings. The van der Waals surface area contributed by atoms with E-state index in [4.69, 9.17) is 0 Å². The third-order valence-corrected chi connectivity index (χ3v) is 5.84. The monoisotopic (exact) mass is 338 g/mol. The highest BCUT2D eigenvalue weighted by atomic mass is 32.2. The van der Waals surface area contributed by atoms with E-state index >= 15 is 0 Å². The number of benzene rings is 1. The number of amides is 1. The van der Waals surface area contributed by atoms with Crippen LogP contribution in [0, 0.1) is 6.92 Å². The predicted octanol–water partition coefficient (Wildman–Crippen LogP) is 3.05. The van der Waals surface area contributed by atoms with Gasteiger partial charge >= 0.3 is 0 Å². The number of rotatable bonds is 5. The van der Waals surface area contributed by atoms with Crippen molar-refractivity contribution < 1.29 is 13.2 Å². The molecule has 0 radical (unpaired) electrons. The fraction of sp³-hybridized carbons (Fsp3) is 0.267. The van der Waals surface area contributed by atoms with Crippen LogP contribution in [0.2, 0.25) is 0 Å². The molecule has 118 valence electrons. The second-order valence-electron chi connectivity index (χ2n) is 5.02. The largest absolute Gasteiger partial charge is 0.326 e. The minimum Gasteiger partial charge on any atom is -0.326 e. The molecule has 0 aliphatic heterocycles. The highest BCUT2D eigenvalue weighted by molar-refractivity contribution is 7.89. The fourth-order valence-corrected chi connectivity index (χ4v) is 4.37. The standard InChI is InChI=1S/C15H18N2O3S2/c1-10-6-7-13(16-12(3)18)9-15(10)22(19,20)17-11(2)14-5-4-8-21-14/h4-9,11,17H,1-3H3,(H,16,18). The van der Waals surface area contributed by atoms with Crippen LogP contribution in [0.25, 0.3) is 0 Å². The lowest BCUT2D eigenvalue weighted by atomic mass is 10.2. The van der Waals surface area contributed by atoms with Crippen LogP contribution >= 0.6 is 11.3 Å². The van der Waals surface area contributed by atoms with Gasteiger partial charge in [0, 0.05) is 17.5 Å². The molecule has 2 aromatic rings. The maximum atomic E-state index is 12.6. The molecule has 5 nitrogen and oxygen atoms in total. The predicted molar refractivity (Wildman–Crippen MR) is 88.5 cm³/mol. The molecule has 22 heavy (non-hydrogen) atoms. The fourth-order valence-electron chi connectivity index (χ4n) is 2.06. The first-order chi connectivity index (χ1) is 10.3. The van der Waals surface area contributed by atoms with E-state index in [0.717, 1.165) is 4.88 Å². The number of thiophene rings is 1. The molecule has 1 aromatic carbocycles. The SMILES string of the molecule is CC(=O)Nc1ccc(C)c(S(=O)(=O)NC(C)c2cccs2)c1. The number of hydrogen-bond donors (Lipinski definition) is 2. The molecule has 0 aliphatic rings. The number of carbonyl (C=O) groups is 1. The van der Waals surface area contributed by atoms with Crippen molar-refractivity contribution in [3.63, 3.8) is 0 Å². The van der Waals surface area contributed by atoms with Gasteiger partial charge in [0.1, 0.15) is 0 Å². The van der Waals surface area contributed by atoms with Crippen LogP contribution in [0.15, 0.2) is 40.6 Å². The van der Waals surface area contributed by atoms with Gasteiger partial charge in [-0.1, -0.05) is 12.1 Å². The summed E-state index contributed by atoms with van der Waals surface area (Å²) in [4.78, 5) is 12.2. The van der Waals surface area contributed by atoms with Crippen molar-refractivity contribution >= 4 is 33.0 Å². The van der Waals surface area contributed by atoms with Crippen LogP contribution < -0.4 is 10.0 Å². The average Bonchev–Trinajstić information content (AvgIpc) is 2.94. The third kappa shape index (κ3) is 3.94. The minimum absolute atomic E-state index is 0.169. The second-order valence-corrected chi connectivity index (χ2v) is 7.68. The molecule has 1 heterocycles. The number of anilines is 1. The Morgan fingerprint density at radius 1 is 1.27 bits per heavy atom. The van der Waals surface area contributed by atoms with Crippen LogP contribution in [0.5, 0.6) is 0 Å². The quantitative estimate of drug-likeness (QED) is 0.880. The number of carbonyl (C=O) groups excluding carboxylic acids is 1. The number of nitrogens with one attached hydrogen (secondary N) is 2. The maximum Gasteiger partial charge on any atom is 0.241 e. The van der Waals surface area contributed by atoms with Gasteiger partial charge in [0.15, 0.2) is 0 Å². The van der Waals surface area contributed by atoms with Crippen molar-refractivity contribution in [2.24, 2.45) is 0 Å². The normalized spacial score (nSPS) is 12.9. The summed E-state index contributed by atoms with van der Waals surface area (Å²) in [5, 5.41) is 4.50. The molecule has 0 aliphatic carbocycles. The van der Waals surface area contributed by atoms with E-state index in [1.54, 1.807) is 26.0 Å². The molecule has 0 saturated heterocycles. The van der Waals surface area contributed by atoms with E-state index in [1.807, 2.05) is 17.5 Å². The van der Waals surface area contributed by atoms with E-state index in [1.165, 1.54) is 24.3 Å². The number of hydrogen-bond acceptors (Lipinski definition) is 4. The summed E-state index contributed by atoms with van der Waals surface area (Å²) in [6.45, 7) is 4.91. The molecule has 1 aromatic heterocycles. The highest BCUT2D eigenvalue weighted by Gasteiger charge is 2.21. The summed E-state index contributed by atoms with van der Waals surface area (Å²) in [6.07, 6.45) is 0. The van der Waals surface area contributed by atoms with E-state index in [0.29, 0.717) is 11.3 Å². The summed E-state index contributed by atoms with van der Waals surface area (Å²) in [5.74, 6) is -0.243. The Kier molecular flexibility index (Phi) is 5.00.